The molecule has 0 heterocycles. The van der Waals surface area contributed by atoms with Gasteiger partial charge in [-0.3, -0.25) is 0 Å². The van der Waals surface area contributed by atoms with Gasteiger partial charge in [-0.05, 0) is 87.9 Å². The summed E-state index contributed by atoms with van der Waals surface area (Å²) >= 11 is 0. The van der Waals surface area contributed by atoms with Crippen molar-refractivity contribution in [3.8, 4) is 0 Å². The molecule has 0 aromatic carbocycles. The first kappa shape index (κ1) is 21.2. The summed E-state index contributed by atoms with van der Waals surface area (Å²) in [7, 11) is 0. The third kappa shape index (κ3) is 3.64. The molecule has 4 nitrogen and oxygen atoms in total. The van der Waals surface area contributed by atoms with Gasteiger partial charge in [-0.2, -0.15) is 0 Å². The number of carbonyl (C=O) groups excluding carboxylic acids is 1. The van der Waals surface area contributed by atoms with Gasteiger partial charge in [-0.15, -0.1) is 0 Å². The zero-order valence-corrected chi connectivity index (χ0v) is 18.9. The molecule has 3 fully saturated rings. The van der Waals surface area contributed by atoms with Gasteiger partial charge in [0.25, 0.3) is 0 Å². The van der Waals surface area contributed by atoms with Crippen LogP contribution in [-0.4, -0.2) is 31.6 Å². The second-order valence-corrected chi connectivity index (χ2v) is 10.4. The summed E-state index contributed by atoms with van der Waals surface area (Å²) in [6.45, 7) is 10.3. The number of allylic oxidation sites excluding steroid dienone is 1. The van der Waals surface area contributed by atoms with E-state index in [4.69, 9.17) is 14.2 Å². The standard InChI is InChI=1S/C25H40O4/c1-5-15-28-23(26)29-22-10-9-20-19-8-7-17-16-18(27-6-2)11-13-24(17,3)21(19)12-14-25(20,22)4/h16,18-22H,5-15H2,1-4H3/t18-,19-,20-,21-,22-,24-,25-/m0/s1. The molecule has 29 heavy (non-hydrogen) atoms. The fourth-order valence-electron chi connectivity index (χ4n) is 7.52. The second-order valence-electron chi connectivity index (χ2n) is 10.4. The molecule has 0 N–H and O–H groups in total. The van der Waals surface area contributed by atoms with Gasteiger partial charge >= 0.3 is 6.16 Å². The first-order valence-corrected chi connectivity index (χ1v) is 12.1. The predicted molar refractivity (Wildman–Crippen MR) is 114 cm³/mol. The summed E-state index contributed by atoms with van der Waals surface area (Å²) in [5.41, 5.74) is 2.13. The minimum Gasteiger partial charge on any atom is -0.434 e. The highest BCUT2D eigenvalue weighted by Crippen LogP contribution is 2.65. The number of hydrogen-bond donors (Lipinski definition) is 0. The minimum atomic E-state index is -0.462. The maximum absolute atomic E-state index is 12.1. The van der Waals surface area contributed by atoms with Crippen molar-refractivity contribution in [2.45, 2.75) is 97.7 Å². The number of rotatable bonds is 5. The van der Waals surface area contributed by atoms with E-state index in [1.54, 1.807) is 5.57 Å². The Morgan fingerprint density at radius 2 is 1.90 bits per heavy atom. The average molecular weight is 405 g/mol. The van der Waals surface area contributed by atoms with Crippen molar-refractivity contribution >= 4 is 6.16 Å². The van der Waals surface area contributed by atoms with E-state index in [0.717, 1.165) is 37.7 Å². The minimum absolute atomic E-state index is 0.0243. The Balaban J connectivity index is 1.48. The van der Waals surface area contributed by atoms with Gasteiger partial charge in [0, 0.05) is 12.0 Å². The smallest absolute Gasteiger partial charge is 0.434 e. The quantitative estimate of drug-likeness (QED) is 0.399. The largest absolute Gasteiger partial charge is 0.508 e. The third-order valence-corrected chi connectivity index (χ3v) is 9.03. The van der Waals surface area contributed by atoms with Crippen LogP contribution in [-0.2, 0) is 14.2 Å². The molecular weight excluding hydrogens is 364 g/mol. The number of ether oxygens (including phenoxy) is 3. The maximum Gasteiger partial charge on any atom is 0.508 e. The molecule has 4 rings (SSSR count). The predicted octanol–water partition coefficient (Wildman–Crippen LogP) is 6.29. The molecule has 0 unspecified atom stereocenters. The van der Waals surface area contributed by atoms with Crippen LogP contribution < -0.4 is 0 Å². The van der Waals surface area contributed by atoms with Crippen molar-refractivity contribution in [2.24, 2.45) is 28.6 Å². The molecule has 0 amide bonds. The van der Waals surface area contributed by atoms with E-state index in [1.807, 2.05) is 6.92 Å². The molecular formula is C25H40O4. The average Bonchev–Trinajstić information content (AvgIpc) is 3.03. The van der Waals surface area contributed by atoms with Crippen molar-refractivity contribution in [2.75, 3.05) is 13.2 Å². The fourth-order valence-corrected chi connectivity index (χ4v) is 7.52. The zero-order valence-electron chi connectivity index (χ0n) is 18.9. The van der Waals surface area contributed by atoms with Gasteiger partial charge in [0.15, 0.2) is 0 Å². The van der Waals surface area contributed by atoms with Crippen LogP contribution in [0.3, 0.4) is 0 Å². The Morgan fingerprint density at radius 3 is 2.66 bits per heavy atom. The molecule has 0 bridgehead atoms. The number of carbonyl (C=O) groups is 1. The van der Waals surface area contributed by atoms with Crippen LogP contribution in [0.25, 0.3) is 0 Å². The first-order chi connectivity index (χ1) is 13.9. The van der Waals surface area contributed by atoms with Gasteiger partial charge in [-0.1, -0.05) is 32.4 Å². The third-order valence-electron chi connectivity index (χ3n) is 9.03. The maximum atomic E-state index is 12.1. The SMILES string of the molecule is CCCOC(=O)O[C@H]1CC[C@H]2[C@@H]3CCC4=C[C@@H](OCC)CC[C@]4(C)[C@H]3CC[C@]12C. The van der Waals surface area contributed by atoms with Crippen LogP contribution in [0.4, 0.5) is 4.79 Å². The highest BCUT2D eigenvalue weighted by atomic mass is 16.7. The molecule has 0 saturated heterocycles. The van der Waals surface area contributed by atoms with E-state index in [1.165, 1.54) is 38.5 Å². The number of fused-ring (bicyclic) bond motifs is 5. The van der Waals surface area contributed by atoms with Crippen LogP contribution in [0.2, 0.25) is 0 Å². The summed E-state index contributed by atoms with van der Waals surface area (Å²) in [6, 6.07) is 0. The van der Waals surface area contributed by atoms with Crippen molar-refractivity contribution in [1.82, 2.24) is 0 Å². The lowest BCUT2D eigenvalue weighted by Gasteiger charge is -2.58. The Hall–Kier alpha value is -1.03. The Morgan fingerprint density at radius 1 is 1.07 bits per heavy atom. The lowest BCUT2D eigenvalue weighted by atomic mass is 9.47. The molecule has 0 radical (unpaired) electrons. The summed E-state index contributed by atoms with van der Waals surface area (Å²) in [5.74, 6) is 2.21. The van der Waals surface area contributed by atoms with Crippen LogP contribution in [0, 0.1) is 28.6 Å². The molecule has 4 aliphatic rings. The van der Waals surface area contributed by atoms with E-state index in [9.17, 15) is 4.79 Å². The highest BCUT2D eigenvalue weighted by Gasteiger charge is 2.60. The van der Waals surface area contributed by atoms with Gasteiger partial charge in [-0.25, -0.2) is 4.79 Å². The molecule has 7 atom stereocenters. The van der Waals surface area contributed by atoms with Gasteiger partial charge < -0.3 is 14.2 Å². The summed E-state index contributed by atoms with van der Waals surface area (Å²) in [4.78, 5) is 12.1. The van der Waals surface area contributed by atoms with Crippen molar-refractivity contribution < 1.29 is 19.0 Å². The molecule has 164 valence electrons. The van der Waals surface area contributed by atoms with Crippen LogP contribution in [0.5, 0.6) is 0 Å². The topological polar surface area (TPSA) is 44.8 Å². The van der Waals surface area contributed by atoms with E-state index in [0.29, 0.717) is 24.0 Å². The Labute approximate surface area is 176 Å². The van der Waals surface area contributed by atoms with E-state index < -0.39 is 6.16 Å². The summed E-state index contributed by atoms with van der Waals surface area (Å²) in [6.07, 6.45) is 12.7. The molecule has 0 spiro atoms. The monoisotopic (exact) mass is 404 g/mol. The van der Waals surface area contributed by atoms with Crippen molar-refractivity contribution in [3.63, 3.8) is 0 Å². The molecule has 4 heteroatoms. The van der Waals surface area contributed by atoms with E-state index >= 15 is 0 Å². The van der Waals surface area contributed by atoms with Gasteiger partial charge in [0.05, 0.1) is 12.7 Å². The lowest BCUT2D eigenvalue weighted by molar-refractivity contribution is -0.0895. The Bertz CT molecular complexity index is 643. The van der Waals surface area contributed by atoms with Crippen LogP contribution >= 0.6 is 0 Å². The lowest BCUT2D eigenvalue weighted by Crippen LogP contribution is -2.52. The fraction of sp³-hybridized carbons (Fsp3) is 0.880. The Kier molecular flexibility index (Phi) is 6.03. The number of hydrogen-bond acceptors (Lipinski definition) is 4. The molecule has 0 aliphatic heterocycles. The normalized spacial score (nSPS) is 43.6. The zero-order chi connectivity index (χ0) is 20.6. The second kappa shape index (κ2) is 8.24. The van der Waals surface area contributed by atoms with E-state index in [-0.39, 0.29) is 11.5 Å². The molecule has 0 aromatic heterocycles. The van der Waals surface area contributed by atoms with Crippen molar-refractivity contribution in [1.29, 1.82) is 0 Å². The molecule has 3 saturated carbocycles. The van der Waals surface area contributed by atoms with E-state index in [2.05, 4.69) is 26.8 Å². The highest BCUT2D eigenvalue weighted by molar-refractivity contribution is 5.60. The van der Waals surface area contributed by atoms with Crippen LogP contribution in [0.15, 0.2) is 11.6 Å². The molecule has 0 aromatic rings. The summed E-state index contributed by atoms with van der Waals surface area (Å²) < 4.78 is 17.0. The van der Waals surface area contributed by atoms with Gasteiger partial charge in [0.1, 0.15) is 6.10 Å². The van der Waals surface area contributed by atoms with Crippen LogP contribution in [0.1, 0.15) is 85.5 Å². The molecule has 4 aliphatic carbocycles. The van der Waals surface area contributed by atoms with Gasteiger partial charge in [0.2, 0.25) is 0 Å². The summed E-state index contributed by atoms with van der Waals surface area (Å²) in [5, 5.41) is 0. The first-order valence-electron chi connectivity index (χ1n) is 12.1. The van der Waals surface area contributed by atoms with Crippen molar-refractivity contribution in [3.05, 3.63) is 11.6 Å².